The molecule has 7 heteroatoms. The molecule has 0 spiro atoms. The van der Waals surface area contributed by atoms with Crippen LogP contribution in [0.1, 0.15) is 29.8 Å². The predicted molar refractivity (Wildman–Crippen MR) is 102 cm³/mol. The van der Waals surface area contributed by atoms with E-state index in [4.69, 9.17) is 28.0 Å². The fourth-order valence-corrected chi connectivity index (χ4v) is 2.59. The summed E-state index contributed by atoms with van der Waals surface area (Å²) in [5.74, 6) is -0.127. The molecule has 0 saturated heterocycles. The van der Waals surface area contributed by atoms with E-state index in [1.54, 1.807) is 18.2 Å². The molecule has 1 heterocycles. The lowest BCUT2D eigenvalue weighted by atomic mass is 10.1. The van der Waals surface area contributed by atoms with Gasteiger partial charge in [0.2, 0.25) is 5.91 Å². The normalized spacial score (nSPS) is 11.3. The number of aromatic nitrogens is 1. The first kappa shape index (κ1) is 19.2. The van der Waals surface area contributed by atoms with Crippen molar-refractivity contribution in [3.05, 3.63) is 57.3 Å². The first-order valence-corrected chi connectivity index (χ1v) is 8.46. The Morgan fingerprint density at radius 2 is 1.92 bits per heavy atom. The molecule has 132 valence electrons. The summed E-state index contributed by atoms with van der Waals surface area (Å²) in [6, 6.07) is 8.88. The summed E-state index contributed by atoms with van der Waals surface area (Å²) in [4.78, 5) is 21.4. The Kier molecular flexibility index (Phi) is 6.79. The van der Waals surface area contributed by atoms with Gasteiger partial charge in [0.1, 0.15) is 7.11 Å². The number of halogens is 2. The molecule has 0 aliphatic heterocycles. The van der Waals surface area contributed by atoms with Crippen molar-refractivity contribution in [1.29, 1.82) is 0 Å². The highest BCUT2D eigenvalue weighted by Gasteiger charge is 2.12. The number of benzene rings is 1. The second-order valence-electron chi connectivity index (χ2n) is 5.48. The van der Waals surface area contributed by atoms with Crippen LogP contribution in [0.4, 0.5) is 5.69 Å². The zero-order chi connectivity index (χ0) is 18.4. The van der Waals surface area contributed by atoms with Crippen LogP contribution in [0.3, 0.4) is 0 Å². The molecule has 0 unspecified atom stereocenters. The lowest BCUT2D eigenvalue weighted by molar-refractivity contribution is -0.116. The van der Waals surface area contributed by atoms with Crippen LogP contribution in [-0.2, 0) is 9.63 Å². The van der Waals surface area contributed by atoms with Crippen molar-refractivity contribution in [1.82, 2.24) is 4.98 Å². The standard InChI is InChI=1S/C18H19Cl2N3O2/c1-11-4-7-16(12(2)21-11)22-18(24)9-8-17(23-25-3)13-5-6-14(19)15(20)10-13/h4-7,10H,8-9H2,1-3H3,(H,22,24)/b23-17+. The molecule has 0 atom stereocenters. The van der Waals surface area contributed by atoms with Crippen LogP contribution in [0.5, 0.6) is 0 Å². The Labute approximate surface area is 157 Å². The molecule has 5 nitrogen and oxygen atoms in total. The van der Waals surface area contributed by atoms with Gasteiger partial charge in [0.25, 0.3) is 0 Å². The van der Waals surface area contributed by atoms with Gasteiger partial charge in [-0.3, -0.25) is 9.78 Å². The van der Waals surface area contributed by atoms with Gasteiger partial charge in [0, 0.05) is 24.1 Å². The van der Waals surface area contributed by atoms with E-state index in [0.29, 0.717) is 27.9 Å². The first-order valence-electron chi connectivity index (χ1n) is 7.70. The van der Waals surface area contributed by atoms with Crippen molar-refractivity contribution in [2.24, 2.45) is 5.16 Å². The minimum Gasteiger partial charge on any atom is -0.399 e. The zero-order valence-electron chi connectivity index (χ0n) is 14.3. The molecule has 1 aromatic carbocycles. The number of nitrogens with one attached hydrogen (secondary N) is 1. The van der Waals surface area contributed by atoms with Crippen molar-refractivity contribution >= 4 is 40.5 Å². The highest BCUT2D eigenvalue weighted by molar-refractivity contribution is 6.42. The number of pyridine rings is 1. The molecule has 0 fully saturated rings. The average molecular weight is 380 g/mol. The number of carbonyl (C=O) groups excluding carboxylic acids is 1. The molecule has 2 aromatic rings. The SMILES string of the molecule is CO/N=C(\CCC(=O)Nc1ccc(C)nc1C)c1ccc(Cl)c(Cl)c1. The molecule has 0 bridgehead atoms. The Morgan fingerprint density at radius 1 is 1.16 bits per heavy atom. The minimum absolute atomic E-state index is 0.127. The fraction of sp³-hybridized carbons (Fsp3) is 0.278. The maximum Gasteiger partial charge on any atom is 0.224 e. The van der Waals surface area contributed by atoms with Gasteiger partial charge >= 0.3 is 0 Å². The van der Waals surface area contributed by atoms with E-state index in [1.807, 2.05) is 26.0 Å². The van der Waals surface area contributed by atoms with Crippen molar-refractivity contribution in [2.45, 2.75) is 26.7 Å². The maximum atomic E-state index is 12.2. The van der Waals surface area contributed by atoms with Gasteiger partial charge in [0.05, 0.1) is 27.1 Å². The van der Waals surface area contributed by atoms with Crippen LogP contribution in [0, 0.1) is 13.8 Å². The highest BCUT2D eigenvalue weighted by Crippen LogP contribution is 2.24. The number of rotatable bonds is 6. The summed E-state index contributed by atoms with van der Waals surface area (Å²) in [5, 5.41) is 7.74. The van der Waals surface area contributed by atoms with E-state index in [0.717, 1.165) is 17.0 Å². The van der Waals surface area contributed by atoms with E-state index in [1.165, 1.54) is 7.11 Å². The second-order valence-corrected chi connectivity index (χ2v) is 6.30. The molecule has 1 aromatic heterocycles. The van der Waals surface area contributed by atoms with Gasteiger partial charge in [-0.2, -0.15) is 0 Å². The van der Waals surface area contributed by atoms with E-state index < -0.39 is 0 Å². The summed E-state index contributed by atoms with van der Waals surface area (Å²) >= 11 is 12.0. The van der Waals surface area contributed by atoms with Crippen molar-refractivity contribution in [2.75, 3.05) is 12.4 Å². The van der Waals surface area contributed by atoms with E-state index in [9.17, 15) is 4.79 Å². The Morgan fingerprint density at radius 3 is 2.56 bits per heavy atom. The smallest absolute Gasteiger partial charge is 0.224 e. The number of aryl methyl sites for hydroxylation is 2. The largest absolute Gasteiger partial charge is 0.399 e. The Bertz CT molecular complexity index is 807. The molecule has 25 heavy (non-hydrogen) atoms. The number of amides is 1. The van der Waals surface area contributed by atoms with Crippen LogP contribution in [-0.4, -0.2) is 23.7 Å². The third kappa shape index (κ3) is 5.44. The summed E-state index contributed by atoms with van der Waals surface area (Å²) in [5.41, 5.74) is 3.77. The van der Waals surface area contributed by atoms with E-state index >= 15 is 0 Å². The van der Waals surface area contributed by atoms with Crippen molar-refractivity contribution in [3.63, 3.8) is 0 Å². The van der Waals surface area contributed by atoms with Crippen LogP contribution in [0.15, 0.2) is 35.5 Å². The number of hydrogen-bond donors (Lipinski definition) is 1. The molecule has 2 rings (SSSR count). The fourth-order valence-electron chi connectivity index (χ4n) is 2.29. The highest BCUT2D eigenvalue weighted by atomic mass is 35.5. The van der Waals surface area contributed by atoms with Gasteiger partial charge in [0.15, 0.2) is 0 Å². The van der Waals surface area contributed by atoms with Gasteiger partial charge in [-0.25, -0.2) is 0 Å². The van der Waals surface area contributed by atoms with Crippen molar-refractivity contribution < 1.29 is 9.63 Å². The maximum absolute atomic E-state index is 12.2. The Balaban J connectivity index is 2.04. The van der Waals surface area contributed by atoms with Crippen LogP contribution in [0.2, 0.25) is 10.0 Å². The van der Waals surface area contributed by atoms with Crippen molar-refractivity contribution in [3.8, 4) is 0 Å². The van der Waals surface area contributed by atoms with Gasteiger partial charge in [-0.1, -0.05) is 34.4 Å². The topological polar surface area (TPSA) is 63.6 Å². The predicted octanol–water partition coefficient (Wildman–Crippen LogP) is 4.77. The van der Waals surface area contributed by atoms with E-state index in [2.05, 4.69) is 15.5 Å². The molecular weight excluding hydrogens is 361 g/mol. The lowest BCUT2D eigenvalue weighted by Crippen LogP contribution is -2.15. The van der Waals surface area contributed by atoms with Crippen LogP contribution >= 0.6 is 23.2 Å². The molecule has 1 N–H and O–H groups in total. The number of carbonyl (C=O) groups is 1. The molecule has 0 aliphatic carbocycles. The summed E-state index contributed by atoms with van der Waals surface area (Å²) < 4.78 is 0. The minimum atomic E-state index is -0.127. The van der Waals surface area contributed by atoms with Gasteiger partial charge in [-0.15, -0.1) is 0 Å². The number of hydrogen-bond acceptors (Lipinski definition) is 4. The summed E-state index contributed by atoms with van der Waals surface area (Å²) in [7, 11) is 1.46. The van der Waals surface area contributed by atoms with Crippen LogP contribution in [0.25, 0.3) is 0 Å². The summed E-state index contributed by atoms with van der Waals surface area (Å²) in [6.07, 6.45) is 0.645. The number of anilines is 1. The monoisotopic (exact) mass is 379 g/mol. The number of nitrogens with zero attached hydrogens (tertiary/aromatic N) is 2. The molecule has 1 amide bonds. The summed E-state index contributed by atoms with van der Waals surface area (Å²) in [6.45, 7) is 3.76. The Hall–Kier alpha value is -2.11. The quantitative estimate of drug-likeness (QED) is 0.580. The third-order valence-electron chi connectivity index (χ3n) is 3.54. The number of oxime groups is 1. The molecule has 0 saturated carbocycles. The first-order chi connectivity index (χ1) is 11.9. The molecule has 0 aliphatic rings. The molecular formula is C18H19Cl2N3O2. The van der Waals surface area contributed by atoms with Gasteiger partial charge in [-0.05, 0) is 38.1 Å². The third-order valence-corrected chi connectivity index (χ3v) is 4.28. The van der Waals surface area contributed by atoms with Gasteiger partial charge < -0.3 is 10.2 Å². The lowest BCUT2D eigenvalue weighted by Gasteiger charge is -2.10. The molecule has 0 radical (unpaired) electrons. The zero-order valence-corrected chi connectivity index (χ0v) is 15.8. The second kappa shape index (κ2) is 8.83. The van der Waals surface area contributed by atoms with E-state index in [-0.39, 0.29) is 12.3 Å². The van der Waals surface area contributed by atoms with Crippen LogP contribution < -0.4 is 5.32 Å². The average Bonchev–Trinajstić information content (AvgIpc) is 2.56.